The molecule has 0 saturated heterocycles. The molecule has 0 saturated carbocycles. The maximum atomic E-state index is 12.5. The summed E-state index contributed by atoms with van der Waals surface area (Å²) in [5.41, 5.74) is 3.92. The minimum absolute atomic E-state index is 0.0864. The van der Waals surface area contributed by atoms with E-state index in [9.17, 15) is 9.59 Å². The summed E-state index contributed by atoms with van der Waals surface area (Å²) in [4.78, 5) is 24.5. The first kappa shape index (κ1) is 15.8. The molecule has 0 bridgehead atoms. The van der Waals surface area contributed by atoms with Gasteiger partial charge in [-0.1, -0.05) is 12.1 Å². The molecule has 1 aromatic heterocycles. The summed E-state index contributed by atoms with van der Waals surface area (Å²) in [6, 6.07) is 11.1. The minimum atomic E-state index is -0.154. The first-order valence-corrected chi connectivity index (χ1v) is 8.20. The standard InChI is InChI=1S/C17H16IN3O2/c1-10-5-4-6-12(15(10)18)16(22)19-11-7-8-13-14(9-11)21(3)17(23)20(13)2/h4-9H,1-3H3,(H,19,22). The Morgan fingerprint density at radius 3 is 2.52 bits per heavy atom. The monoisotopic (exact) mass is 421 g/mol. The molecule has 3 aromatic rings. The third-order valence-corrected chi connectivity index (χ3v) is 5.40. The molecule has 5 nitrogen and oxygen atoms in total. The third-order valence-electron chi connectivity index (χ3n) is 3.97. The van der Waals surface area contributed by atoms with Crippen molar-refractivity contribution < 1.29 is 4.79 Å². The average Bonchev–Trinajstić information content (AvgIpc) is 2.74. The Bertz CT molecular complexity index is 985. The zero-order chi connectivity index (χ0) is 16.7. The Morgan fingerprint density at radius 1 is 1.09 bits per heavy atom. The van der Waals surface area contributed by atoms with E-state index in [1.54, 1.807) is 29.3 Å². The van der Waals surface area contributed by atoms with Crippen molar-refractivity contribution in [3.05, 3.63) is 61.6 Å². The predicted octanol–water partition coefficient (Wildman–Crippen LogP) is 3.04. The van der Waals surface area contributed by atoms with Crippen molar-refractivity contribution in [2.45, 2.75) is 6.92 Å². The molecule has 1 N–H and O–H groups in total. The number of rotatable bonds is 2. The summed E-state index contributed by atoms with van der Waals surface area (Å²) in [6.07, 6.45) is 0. The Balaban J connectivity index is 1.98. The number of amides is 1. The molecule has 1 heterocycles. The van der Waals surface area contributed by atoms with Gasteiger partial charge in [0.2, 0.25) is 0 Å². The smallest absolute Gasteiger partial charge is 0.322 e. The van der Waals surface area contributed by atoms with E-state index in [1.165, 1.54) is 0 Å². The average molecular weight is 421 g/mol. The topological polar surface area (TPSA) is 56.0 Å². The van der Waals surface area contributed by atoms with E-state index in [4.69, 9.17) is 0 Å². The number of nitrogens with one attached hydrogen (secondary N) is 1. The van der Waals surface area contributed by atoms with Crippen LogP contribution in [0.15, 0.2) is 41.2 Å². The van der Waals surface area contributed by atoms with E-state index in [0.29, 0.717) is 11.3 Å². The molecule has 23 heavy (non-hydrogen) atoms. The lowest BCUT2D eigenvalue weighted by molar-refractivity contribution is 0.102. The Hall–Kier alpha value is -2.09. The van der Waals surface area contributed by atoms with Crippen LogP contribution in [0, 0.1) is 10.5 Å². The van der Waals surface area contributed by atoms with Gasteiger partial charge < -0.3 is 5.32 Å². The van der Waals surface area contributed by atoms with Crippen LogP contribution in [-0.2, 0) is 14.1 Å². The Labute approximate surface area is 147 Å². The van der Waals surface area contributed by atoms with Crippen LogP contribution in [0.5, 0.6) is 0 Å². The fraction of sp³-hybridized carbons (Fsp3) is 0.176. The number of hydrogen-bond acceptors (Lipinski definition) is 2. The van der Waals surface area contributed by atoms with Crippen LogP contribution in [-0.4, -0.2) is 15.0 Å². The second kappa shape index (κ2) is 5.84. The lowest BCUT2D eigenvalue weighted by Crippen LogP contribution is -2.19. The molecule has 1 amide bonds. The van der Waals surface area contributed by atoms with E-state index in [2.05, 4.69) is 27.9 Å². The molecule has 6 heteroatoms. The molecule has 0 unspecified atom stereocenters. The summed E-state index contributed by atoms with van der Waals surface area (Å²) >= 11 is 2.18. The van der Waals surface area contributed by atoms with Gasteiger partial charge >= 0.3 is 5.69 Å². The number of carbonyl (C=O) groups excluding carboxylic acids is 1. The number of carbonyl (C=O) groups is 1. The number of nitrogens with zero attached hydrogens (tertiary/aromatic N) is 2. The van der Waals surface area contributed by atoms with Crippen LogP contribution in [0.2, 0.25) is 0 Å². The van der Waals surface area contributed by atoms with Gasteiger partial charge in [0.05, 0.1) is 16.6 Å². The van der Waals surface area contributed by atoms with Crippen LogP contribution < -0.4 is 11.0 Å². The summed E-state index contributed by atoms with van der Waals surface area (Å²) in [5.74, 6) is -0.154. The number of halogens is 1. The van der Waals surface area contributed by atoms with E-state index in [-0.39, 0.29) is 11.6 Å². The SMILES string of the molecule is Cc1cccc(C(=O)Nc2ccc3c(c2)n(C)c(=O)n3C)c1I. The van der Waals surface area contributed by atoms with E-state index >= 15 is 0 Å². The lowest BCUT2D eigenvalue weighted by atomic mass is 10.1. The number of imidazole rings is 1. The first-order valence-electron chi connectivity index (χ1n) is 7.12. The van der Waals surface area contributed by atoms with Gasteiger partial charge in [-0.05, 0) is 59.3 Å². The number of fused-ring (bicyclic) bond motifs is 1. The highest BCUT2D eigenvalue weighted by Crippen LogP contribution is 2.21. The van der Waals surface area contributed by atoms with Gasteiger partial charge in [0.1, 0.15) is 0 Å². The van der Waals surface area contributed by atoms with Gasteiger partial charge in [-0.25, -0.2) is 4.79 Å². The third kappa shape index (κ3) is 2.67. The summed E-state index contributed by atoms with van der Waals surface area (Å²) < 4.78 is 4.10. The molecule has 0 fully saturated rings. The highest BCUT2D eigenvalue weighted by molar-refractivity contribution is 14.1. The molecule has 0 aliphatic heterocycles. The molecule has 118 valence electrons. The summed E-state index contributed by atoms with van der Waals surface area (Å²) in [5, 5.41) is 2.91. The second-order valence-electron chi connectivity index (χ2n) is 5.49. The molecule has 0 aliphatic carbocycles. The molecule has 0 spiro atoms. The quantitative estimate of drug-likeness (QED) is 0.647. The molecule has 0 atom stereocenters. The normalized spacial score (nSPS) is 11.0. The fourth-order valence-corrected chi connectivity index (χ4v) is 3.21. The number of aryl methyl sites for hydroxylation is 3. The summed E-state index contributed by atoms with van der Waals surface area (Å²) in [6.45, 7) is 1.98. The van der Waals surface area contributed by atoms with E-state index in [1.807, 2.05) is 37.3 Å². The molecular weight excluding hydrogens is 405 g/mol. The van der Waals surface area contributed by atoms with Crippen molar-refractivity contribution in [1.82, 2.24) is 9.13 Å². The van der Waals surface area contributed by atoms with Crippen molar-refractivity contribution in [3.8, 4) is 0 Å². The number of hydrogen-bond donors (Lipinski definition) is 1. The van der Waals surface area contributed by atoms with E-state index in [0.717, 1.165) is 20.2 Å². The van der Waals surface area contributed by atoms with Crippen LogP contribution >= 0.6 is 22.6 Å². The van der Waals surface area contributed by atoms with Crippen molar-refractivity contribution in [2.75, 3.05) is 5.32 Å². The van der Waals surface area contributed by atoms with Crippen LogP contribution in [0.3, 0.4) is 0 Å². The van der Waals surface area contributed by atoms with Crippen molar-refractivity contribution >= 4 is 45.2 Å². The molecule has 3 rings (SSSR count). The molecule has 0 aliphatic rings. The van der Waals surface area contributed by atoms with Crippen molar-refractivity contribution in [2.24, 2.45) is 14.1 Å². The summed E-state index contributed by atoms with van der Waals surface area (Å²) in [7, 11) is 3.46. The highest BCUT2D eigenvalue weighted by atomic mass is 127. The first-order chi connectivity index (χ1) is 10.9. The largest absolute Gasteiger partial charge is 0.328 e. The van der Waals surface area contributed by atoms with Gasteiger partial charge in [0.15, 0.2) is 0 Å². The van der Waals surface area contributed by atoms with Gasteiger partial charge in [-0.2, -0.15) is 0 Å². The Morgan fingerprint density at radius 2 is 1.78 bits per heavy atom. The minimum Gasteiger partial charge on any atom is -0.322 e. The molecule has 0 radical (unpaired) electrons. The maximum Gasteiger partial charge on any atom is 0.328 e. The predicted molar refractivity (Wildman–Crippen MR) is 100 cm³/mol. The fourth-order valence-electron chi connectivity index (χ4n) is 2.61. The number of aromatic nitrogens is 2. The second-order valence-corrected chi connectivity index (χ2v) is 6.57. The van der Waals surface area contributed by atoms with Gasteiger partial charge in [0.25, 0.3) is 5.91 Å². The van der Waals surface area contributed by atoms with Crippen molar-refractivity contribution in [1.29, 1.82) is 0 Å². The number of anilines is 1. The molecule has 2 aromatic carbocycles. The zero-order valence-electron chi connectivity index (χ0n) is 13.1. The zero-order valence-corrected chi connectivity index (χ0v) is 15.2. The van der Waals surface area contributed by atoms with Gasteiger partial charge in [-0.3, -0.25) is 13.9 Å². The number of benzene rings is 2. The Kier molecular flexibility index (Phi) is 4.01. The van der Waals surface area contributed by atoms with Crippen LogP contribution in [0.4, 0.5) is 5.69 Å². The highest BCUT2D eigenvalue weighted by Gasteiger charge is 2.13. The van der Waals surface area contributed by atoms with Crippen molar-refractivity contribution in [3.63, 3.8) is 0 Å². The van der Waals surface area contributed by atoms with Crippen LogP contribution in [0.25, 0.3) is 11.0 Å². The lowest BCUT2D eigenvalue weighted by Gasteiger charge is -2.09. The molecular formula is C17H16IN3O2. The van der Waals surface area contributed by atoms with Crippen LogP contribution in [0.1, 0.15) is 15.9 Å². The maximum absolute atomic E-state index is 12.5. The van der Waals surface area contributed by atoms with E-state index < -0.39 is 0 Å². The van der Waals surface area contributed by atoms with Gasteiger partial charge in [-0.15, -0.1) is 0 Å². The van der Waals surface area contributed by atoms with Gasteiger partial charge in [0, 0.05) is 23.4 Å².